The Labute approximate surface area is 227 Å². The molecule has 188 valence electrons. The van der Waals surface area contributed by atoms with Gasteiger partial charge < -0.3 is 5.73 Å². The number of carbonyl (C=O) groups excluding carboxylic acids is 1. The Hall–Kier alpha value is -4.06. The van der Waals surface area contributed by atoms with Crippen LogP contribution in [-0.2, 0) is 4.79 Å². The quantitative estimate of drug-likeness (QED) is 0.288. The van der Waals surface area contributed by atoms with E-state index in [0.29, 0.717) is 46.2 Å². The van der Waals surface area contributed by atoms with Crippen molar-refractivity contribution in [1.82, 2.24) is 9.97 Å². The third kappa shape index (κ3) is 3.95. The van der Waals surface area contributed by atoms with Gasteiger partial charge >= 0.3 is 0 Å². The zero-order chi connectivity index (χ0) is 26.6. The summed E-state index contributed by atoms with van der Waals surface area (Å²) in [5.74, 6) is -1.64. The van der Waals surface area contributed by atoms with Crippen LogP contribution in [0.25, 0.3) is 22.2 Å². The van der Waals surface area contributed by atoms with E-state index >= 15 is 4.39 Å². The number of anilines is 1. The second kappa shape index (κ2) is 9.35. The number of allylic oxidation sites excluding steroid dienone is 3. The van der Waals surface area contributed by atoms with Crippen molar-refractivity contribution in [1.29, 1.82) is 5.26 Å². The van der Waals surface area contributed by atoms with Crippen LogP contribution in [0, 0.1) is 24.2 Å². The predicted molar refractivity (Wildman–Crippen MR) is 147 cm³/mol. The minimum absolute atomic E-state index is 0.106. The molecule has 6 rings (SSSR count). The average molecular weight is 542 g/mol. The lowest BCUT2D eigenvalue weighted by molar-refractivity contribution is -0.116. The molecular formula is C29H21ClFN5OS. The molecule has 9 heteroatoms. The number of nitrogens with zero attached hydrogens (tertiary/aromatic N) is 4. The normalized spacial score (nSPS) is 17.7. The van der Waals surface area contributed by atoms with Gasteiger partial charge in [-0.1, -0.05) is 35.4 Å². The number of halogens is 2. The van der Waals surface area contributed by atoms with Crippen LogP contribution in [0.15, 0.2) is 76.6 Å². The third-order valence-electron chi connectivity index (χ3n) is 7.00. The highest BCUT2D eigenvalue weighted by Crippen LogP contribution is 2.47. The van der Waals surface area contributed by atoms with Crippen molar-refractivity contribution < 1.29 is 9.18 Å². The van der Waals surface area contributed by atoms with E-state index in [4.69, 9.17) is 22.3 Å². The Bertz CT molecular complexity index is 1730. The molecule has 1 atom stereocenters. The molecule has 0 saturated heterocycles. The van der Waals surface area contributed by atoms with Crippen molar-refractivity contribution in [2.45, 2.75) is 32.1 Å². The maximum absolute atomic E-state index is 15.5. The largest absolute Gasteiger partial charge is 0.384 e. The van der Waals surface area contributed by atoms with E-state index in [9.17, 15) is 10.1 Å². The zero-order valence-corrected chi connectivity index (χ0v) is 21.9. The van der Waals surface area contributed by atoms with E-state index in [1.165, 1.54) is 11.3 Å². The monoisotopic (exact) mass is 541 g/mol. The average Bonchev–Trinajstić information content (AvgIpc) is 3.38. The van der Waals surface area contributed by atoms with Gasteiger partial charge in [-0.25, -0.2) is 9.97 Å². The number of aromatic nitrogens is 2. The number of nitrogens with two attached hydrogens (primary N) is 1. The SMILES string of the molecule is Cc1ccc2nc(F)c(C3C(C#N)=C(N)N(c4nc(-c5ccc(Cl)cc5)cs4)C4=C3C(=O)CCC4)cc2c1. The standard InChI is InChI=1S/C29H21ClFN5OS/c1-15-5-10-21-17(11-15)12-19(27(31)34-21)25-20(13-32)28(33)36(23-3-2-4-24(37)26(23)25)29-35-22(14-38-29)16-6-8-18(30)9-7-16/h5-12,14,25H,2-4,33H2,1H3. The fourth-order valence-corrected chi connectivity index (χ4v) is 6.22. The van der Waals surface area contributed by atoms with Crippen LogP contribution in [0.3, 0.4) is 0 Å². The summed E-state index contributed by atoms with van der Waals surface area (Å²) in [6.07, 6.45) is 1.50. The summed E-state index contributed by atoms with van der Waals surface area (Å²) in [5.41, 5.74) is 11.1. The summed E-state index contributed by atoms with van der Waals surface area (Å²) >= 11 is 7.39. The molecule has 3 heterocycles. The van der Waals surface area contributed by atoms with Crippen molar-refractivity contribution >= 4 is 44.8 Å². The highest BCUT2D eigenvalue weighted by Gasteiger charge is 2.42. The van der Waals surface area contributed by atoms with Crippen LogP contribution < -0.4 is 10.6 Å². The first-order valence-corrected chi connectivity index (χ1v) is 13.4. The van der Waals surface area contributed by atoms with Crippen LogP contribution in [0.1, 0.15) is 36.3 Å². The van der Waals surface area contributed by atoms with Crippen LogP contribution in [0.2, 0.25) is 5.02 Å². The van der Waals surface area contributed by atoms with Crippen LogP contribution in [0.4, 0.5) is 9.52 Å². The summed E-state index contributed by atoms with van der Waals surface area (Å²) in [4.78, 5) is 24.1. The van der Waals surface area contributed by atoms with Gasteiger partial charge in [0.2, 0.25) is 5.95 Å². The number of hydrogen-bond acceptors (Lipinski definition) is 7. The first kappa shape index (κ1) is 24.3. The van der Waals surface area contributed by atoms with Gasteiger partial charge in [0.25, 0.3) is 0 Å². The fraction of sp³-hybridized carbons (Fsp3) is 0.172. The van der Waals surface area contributed by atoms with Gasteiger partial charge in [0, 0.05) is 44.6 Å². The molecule has 0 radical (unpaired) electrons. The maximum atomic E-state index is 15.5. The lowest BCUT2D eigenvalue weighted by atomic mass is 9.76. The van der Waals surface area contributed by atoms with Gasteiger partial charge in [0.05, 0.1) is 28.8 Å². The number of nitriles is 1. The van der Waals surface area contributed by atoms with E-state index < -0.39 is 11.9 Å². The number of benzene rings is 2. The second-order valence-electron chi connectivity index (χ2n) is 9.40. The number of fused-ring (bicyclic) bond motifs is 1. The lowest BCUT2D eigenvalue weighted by Gasteiger charge is -2.38. The number of Topliss-reactive ketones (excluding diaryl/α,β-unsaturated/α-hetero) is 1. The maximum Gasteiger partial charge on any atom is 0.217 e. The minimum Gasteiger partial charge on any atom is -0.384 e. The Morgan fingerprint density at radius 3 is 2.71 bits per heavy atom. The lowest BCUT2D eigenvalue weighted by Crippen LogP contribution is -2.39. The molecule has 38 heavy (non-hydrogen) atoms. The minimum atomic E-state index is -0.938. The fourth-order valence-electron chi connectivity index (χ4n) is 5.23. The first-order chi connectivity index (χ1) is 18.4. The summed E-state index contributed by atoms with van der Waals surface area (Å²) in [5, 5.41) is 14.1. The van der Waals surface area contributed by atoms with Gasteiger partial charge in [-0.15, -0.1) is 11.3 Å². The van der Waals surface area contributed by atoms with Crippen molar-refractivity contribution in [2.24, 2.45) is 5.73 Å². The number of carbonyl (C=O) groups is 1. The molecule has 1 unspecified atom stereocenters. The van der Waals surface area contributed by atoms with Gasteiger partial charge in [-0.3, -0.25) is 9.69 Å². The van der Waals surface area contributed by atoms with Gasteiger partial charge in [-0.2, -0.15) is 9.65 Å². The Balaban J connectivity index is 1.53. The molecule has 2 N–H and O–H groups in total. The van der Waals surface area contributed by atoms with Crippen molar-refractivity contribution in [3.8, 4) is 17.3 Å². The number of pyridine rings is 1. The molecule has 0 saturated carbocycles. The van der Waals surface area contributed by atoms with Crippen LogP contribution in [0.5, 0.6) is 0 Å². The topological polar surface area (TPSA) is 95.9 Å². The molecule has 2 aromatic carbocycles. The van der Waals surface area contributed by atoms with Gasteiger partial charge in [0.15, 0.2) is 10.9 Å². The highest BCUT2D eigenvalue weighted by atomic mass is 35.5. The molecular weight excluding hydrogens is 521 g/mol. The first-order valence-electron chi connectivity index (χ1n) is 12.1. The molecule has 6 nitrogen and oxygen atoms in total. The summed E-state index contributed by atoms with van der Waals surface area (Å²) < 4.78 is 15.5. The second-order valence-corrected chi connectivity index (χ2v) is 10.7. The highest BCUT2D eigenvalue weighted by molar-refractivity contribution is 7.14. The number of ketones is 1. The molecule has 1 aliphatic carbocycles. The summed E-state index contributed by atoms with van der Waals surface area (Å²) in [6, 6.07) is 16.7. The van der Waals surface area contributed by atoms with E-state index in [1.54, 1.807) is 29.2 Å². The molecule has 2 aliphatic rings. The van der Waals surface area contributed by atoms with E-state index in [0.717, 1.165) is 22.2 Å². The molecule has 0 bridgehead atoms. The number of aryl methyl sites for hydroxylation is 1. The molecule has 2 aromatic heterocycles. The Morgan fingerprint density at radius 1 is 1.16 bits per heavy atom. The zero-order valence-electron chi connectivity index (χ0n) is 20.3. The third-order valence-corrected chi connectivity index (χ3v) is 8.08. The van der Waals surface area contributed by atoms with Crippen molar-refractivity contribution in [2.75, 3.05) is 4.90 Å². The number of hydrogen-bond donors (Lipinski definition) is 1. The molecule has 0 spiro atoms. The number of thiazole rings is 1. The van der Waals surface area contributed by atoms with Crippen LogP contribution >= 0.6 is 22.9 Å². The number of rotatable bonds is 3. The van der Waals surface area contributed by atoms with E-state index in [2.05, 4.69) is 11.1 Å². The molecule has 4 aromatic rings. The van der Waals surface area contributed by atoms with Gasteiger partial charge in [-0.05, 0) is 50.1 Å². The Kier molecular flexibility index (Phi) is 5.98. The van der Waals surface area contributed by atoms with E-state index in [-0.39, 0.29) is 22.7 Å². The van der Waals surface area contributed by atoms with E-state index in [1.807, 2.05) is 36.6 Å². The molecule has 0 amide bonds. The van der Waals surface area contributed by atoms with Gasteiger partial charge in [0.1, 0.15) is 5.82 Å². The predicted octanol–water partition coefficient (Wildman–Crippen LogP) is 6.76. The molecule has 0 fully saturated rings. The molecule has 1 aliphatic heterocycles. The smallest absolute Gasteiger partial charge is 0.217 e. The Morgan fingerprint density at radius 2 is 1.95 bits per heavy atom. The summed E-state index contributed by atoms with van der Waals surface area (Å²) in [7, 11) is 0. The summed E-state index contributed by atoms with van der Waals surface area (Å²) in [6.45, 7) is 1.94. The van der Waals surface area contributed by atoms with Crippen molar-refractivity contribution in [3.05, 3.63) is 98.7 Å². The van der Waals surface area contributed by atoms with Crippen molar-refractivity contribution in [3.63, 3.8) is 0 Å². The van der Waals surface area contributed by atoms with Crippen LogP contribution in [-0.4, -0.2) is 15.8 Å².